The lowest BCUT2D eigenvalue weighted by Gasteiger charge is -2.21. The second-order valence-electron chi connectivity index (χ2n) is 5.53. The number of benzene rings is 1. The van der Waals surface area contributed by atoms with Crippen molar-refractivity contribution in [3.8, 4) is 0 Å². The molecule has 0 spiro atoms. The largest absolute Gasteiger partial charge is 0.376 e. The Balaban J connectivity index is 1.64. The van der Waals surface area contributed by atoms with Crippen LogP contribution in [-0.4, -0.2) is 9.78 Å². The zero-order chi connectivity index (χ0) is 14.7. The predicted octanol–water partition coefficient (Wildman–Crippen LogP) is 4.90. The molecule has 21 heavy (non-hydrogen) atoms. The van der Waals surface area contributed by atoms with E-state index < -0.39 is 0 Å². The second-order valence-corrected chi connectivity index (χ2v) is 6.38. The number of para-hydroxylation sites is 1. The summed E-state index contributed by atoms with van der Waals surface area (Å²) in [7, 11) is 0. The summed E-state index contributed by atoms with van der Waals surface area (Å²) in [5.74, 6) is -0.254. The van der Waals surface area contributed by atoms with Crippen molar-refractivity contribution in [2.75, 3.05) is 5.32 Å². The fourth-order valence-electron chi connectivity index (χ4n) is 2.87. The van der Waals surface area contributed by atoms with Crippen molar-refractivity contribution in [3.05, 3.63) is 46.4 Å². The third kappa shape index (κ3) is 3.46. The van der Waals surface area contributed by atoms with Crippen LogP contribution in [0, 0.1) is 5.82 Å². The first kappa shape index (κ1) is 14.6. The van der Waals surface area contributed by atoms with Gasteiger partial charge in [-0.2, -0.15) is 5.10 Å². The lowest BCUT2D eigenvalue weighted by atomic mass is 9.96. The van der Waals surface area contributed by atoms with E-state index in [1.165, 1.54) is 38.2 Å². The van der Waals surface area contributed by atoms with Crippen LogP contribution in [0.15, 0.2) is 34.9 Å². The lowest BCUT2D eigenvalue weighted by Crippen LogP contribution is -2.14. The van der Waals surface area contributed by atoms with Crippen LogP contribution >= 0.6 is 15.9 Å². The smallest absolute Gasteiger partial charge is 0.147 e. The molecule has 2 aromatic rings. The third-order valence-corrected chi connectivity index (χ3v) is 4.68. The summed E-state index contributed by atoms with van der Waals surface area (Å²) >= 11 is 3.36. The Hall–Kier alpha value is -1.36. The minimum Gasteiger partial charge on any atom is -0.376 e. The van der Waals surface area contributed by atoms with E-state index in [2.05, 4.69) is 31.0 Å². The zero-order valence-corrected chi connectivity index (χ0v) is 13.4. The van der Waals surface area contributed by atoms with Crippen molar-refractivity contribution < 1.29 is 4.39 Å². The van der Waals surface area contributed by atoms with Gasteiger partial charge in [-0.25, -0.2) is 4.39 Å². The Morgan fingerprint density at radius 2 is 2.05 bits per heavy atom. The number of halogens is 2. The van der Waals surface area contributed by atoms with Gasteiger partial charge in [0.15, 0.2) is 0 Å². The molecule has 1 N–H and O–H groups in total. The maximum Gasteiger partial charge on any atom is 0.147 e. The van der Waals surface area contributed by atoms with E-state index in [1.54, 1.807) is 6.07 Å². The van der Waals surface area contributed by atoms with Crippen LogP contribution in [0.1, 0.15) is 43.8 Å². The van der Waals surface area contributed by atoms with Gasteiger partial charge in [0.1, 0.15) is 5.82 Å². The Morgan fingerprint density at radius 3 is 2.81 bits per heavy atom. The Bertz CT molecular complexity index is 585. The van der Waals surface area contributed by atoms with E-state index in [4.69, 9.17) is 0 Å². The summed E-state index contributed by atoms with van der Waals surface area (Å²) in [6, 6.07) is 7.51. The van der Waals surface area contributed by atoms with Crippen LogP contribution in [0.5, 0.6) is 0 Å². The van der Waals surface area contributed by atoms with Crippen LogP contribution < -0.4 is 5.32 Å². The minimum atomic E-state index is -0.254. The fourth-order valence-corrected chi connectivity index (χ4v) is 3.35. The van der Waals surface area contributed by atoms with E-state index in [0.29, 0.717) is 18.3 Å². The molecule has 3 rings (SSSR count). The molecule has 1 aromatic carbocycles. The monoisotopic (exact) mass is 351 g/mol. The number of nitrogens with one attached hydrogen (secondary N) is 1. The topological polar surface area (TPSA) is 29.9 Å². The summed E-state index contributed by atoms with van der Waals surface area (Å²) < 4.78 is 16.5. The highest BCUT2D eigenvalue weighted by Crippen LogP contribution is 2.28. The van der Waals surface area contributed by atoms with Gasteiger partial charge in [0, 0.05) is 10.7 Å². The summed E-state index contributed by atoms with van der Waals surface area (Å²) in [6.07, 6.45) is 8.40. The molecular formula is C16H19BrFN3. The average Bonchev–Trinajstić information content (AvgIpc) is 2.97. The van der Waals surface area contributed by atoms with Crippen molar-refractivity contribution in [3.63, 3.8) is 0 Å². The van der Waals surface area contributed by atoms with E-state index >= 15 is 0 Å². The van der Waals surface area contributed by atoms with Gasteiger partial charge in [-0.15, -0.1) is 0 Å². The molecule has 1 fully saturated rings. The molecule has 0 saturated heterocycles. The average molecular weight is 352 g/mol. The highest BCUT2D eigenvalue weighted by Gasteiger charge is 2.16. The SMILES string of the molecule is Fc1cccc(Br)c1NCc1ccn(C2CCCCC2)n1. The second kappa shape index (κ2) is 6.60. The highest BCUT2D eigenvalue weighted by molar-refractivity contribution is 9.10. The van der Waals surface area contributed by atoms with E-state index in [-0.39, 0.29) is 5.82 Å². The molecular weight excluding hydrogens is 333 g/mol. The molecule has 1 heterocycles. The van der Waals surface area contributed by atoms with Crippen molar-refractivity contribution in [2.24, 2.45) is 0 Å². The summed E-state index contributed by atoms with van der Waals surface area (Å²) in [5, 5.41) is 7.74. The first-order valence-corrected chi connectivity index (χ1v) is 8.25. The lowest BCUT2D eigenvalue weighted by molar-refractivity contribution is 0.328. The number of hydrogen-bond donors (Lipinski definition) is 1. The van der Waals surface area contributed by atoms with Crippen molar-refractivity contribution in [1.29, 1.82) is 0 Å². The Labute approximate surface area is 132 Å². The molecule has 1 saturated carbocycles. The maximum atomic E-state index is 13.7. The van der Waals surface area contributed by atoms with Gasteiger partial charge >= 0.3 is 0 Å². The number of anilines is 1. The van der Waals surface area contributed by atoms with Crippen LogP contribution in [-0.2, 0) is 6.54 Å². The molecule has 1 aliphatic rings. The maximum absolute atomic E-state index is 13.7. The van der Waals surface area contributed by atoms with Gasteiger partial charge in [0.05, 0.1) is 24.0 Å². The van der Waals surface area contributed by atoms with Crippen molar-refractivity contribution >= 4 is 21.6 Å². The van der Waals surface area contributed by atoms with E-state index in [1.807, 2.05) is 18.3 Å². The van der Waals surface area contributed by atoms with Crippen LogP contribution in [0.4, 0.5) is 10.1 Å². The molecule has 0 aliphatic heterocycles. The number of aromatic nitrogens is 2. The number of hydrogen-bond acceptors (Lipinski definition) is 2. The molecule has 5 heteroatoms. The molecule has 1 aliphatic carbocycles. The van der Waals surface area contributed by atoms with E-state index in [0.717, 1.165) is 10.2 Å². The fraction of sp³-hybridized carbons (Fsp3) is 0.438. The molecule has 0 radical (unpaired) electrons. The highest BCUT2D eigenvalue weighted by atomic mass is 79.9. The number of nitrogens with zero attached hydrogens (tertiary/aromatic N) is 2. The molecule has 0 atom stereocenters. The zero-order valence-electron chi connectivity index (χ0n) is 11.9. The molecule has 112 valence electrons. The quantitative estimate of drug-likeness (QED) is 0.848. The first-order chi connectivity index (χ1) is 10.2. The van der Waals surface area contributed by atoms with E-state index in [9.17, 15) is 4.39 Å². The van der Waals surface area contributed by atoms with Crippen LogP contribution in [0.2, 0.25) is 0 Å². The van der Waals surface area contributed by atoms with Crippen LogP contribution in [0.25, 0.3) is 0 Å². The Morgan fingerprint density at radius 1 is 1.24 bits per heavy atom. The third-order valence-electron chi connectivity index (χ3n) is 4.02. The van der Waals surface area contributed by atoms with Gasteiger partial charge in [-0.3, -0.25) is 4.68 Å². The van der Waals surface area contributed by atoms with Gasteiger partial charge < -0.3 is 5.32 Å². The summed E-state index contributed by atoms with van der Waals surface area (Å²) in [4.78, 5) is 0. The Kier molecular flexibility index (Phi) is 4.58. The van der Waals surface area contributed by atoms with Gasteiger partial charge in [-0.1, -0.05) is 25.3 Å². The van der Waals surface area contributed by atoms with Crippen LogP contribution in [0.3, 0.4) is 0 Å². The van der Waals surface area contributed by atoms with Gasteiger partial charge in [0.2, 0.25) is 0 Å². The first-order valence-electron chi connectivity index (χ1n) is 7.46. The van der Waals surface area contributed by atoms with Gasteiger partial charge in [0.25, 0.3) is 0 Å². The molecule has 1 aromatic heterocycles. The number of rotatable bonds is 4. The summed E-state index contributed by atoms with van der Waals surface area (Å²) in [5.41, 5.74) is 1.43. The molecule has 0 bridgehead atoms. The van der Waals surface area contributed by atoms with Gasteiger partial charge in [-0.05, 0) is 47.0 Å². The molecule has 3 nitrogen and oxygen atoms in total. The summed E-state index contributed by atoms with van der Waals surface area (Å²) in [6.45, 7) is 0.527. The van der Waals surface area contributed by atoms with Crippen molar-refractivity contribution in [1.82, 2.24) is 9.78 Å². The molecule has 0 amide bonds. The molecule has 0 unspecified atom stereocenters. The predicted molar refractivity (Wildman–Crippen MR) is 85.8 cm³/mol. The normalized spacial score (nSPS) is 16.1. The minimum absolute atomic E-state index is 0.254. The van der Waals surface area contributed by atoms with Crippen molar-refractivity contribution in [2.45, 2.75) is 44.7 Å². The standard InChI is InChI=1S/C16H19BrFN3/c17-14-7-4-8-15(18)16(14)19-11-12-9-10-21(20-12)13-5-2-1-3-6-13/h4,7-10,13,19H,1-3,5-6,11H2.